The molecule has 1 atom stereocenters. The highest BCUT2D eigenvalue weighted by Crippen LogP contribution is 2.29. The Morgan fingerprint density at radius 1 is 1.29 bits per heavy atom. The SMILES string of the molecule is CN(Cc1ccccc1)[C@H](C=O)C1CCCC1. The highest BCUT2D eigenvalue weighted by Gasteiger charge is 2.27. The normalized spacial score (nSPS) is 18.5. The molecule has 2 heteroatoms. The van der Waals surface area contributed by atoms with Crippen molar-refractivity contribution in [1.29, 1.82) is 0 Å². The molecule has 17 heavy (non-hydrogen) atoms. The first-order valence-electron chi connectivity index (χ1n) is 6.50. The molecule has 1 aliphatic rings. The predicted molar refractivity (Wildman–Crippen MR) is 69.7 cm³/mol. The van der Waals surface area contributed by atoms with Crippen molar-refractivity contribution in [2.24, 2.45) is 5.92 Å². The molecule has 2 rings (SSSR count). The number of hydrogen-bond donors (Lipinski definition) is 0. The zero-order valence-corrected chi connectivity index (χ0v) is 10.5. The van der Waals surface area contributed by atoms with Crippen LogP contribution >= 0.6 is 0 Å². The van der Waals surface area contributed by atoms with E-state index in [9.17, 15) is 4.79 Å². The van der Waals surface area contributed by atoms with Crippen LogP contribution in [0, 0.1) is 5.92 Å². The highest BCUT2D eigenvalue weighted by atomic mass is 16.1. The van der Waals surface area contributed by atoms with E-state index in [1.165, 1.54) is 31.2 Å². The van der Waals surface area contributed by atoms with Crippen LogP contribution in [0.4, 0.5) is 0 Å². The third kappa shape index (κ3) is 3.16. The number of nitrogens with zero attached hydrogens (tertiary/aromatic N) is 1. The van der Waals surface area contributed by atoms with Gasteiger partial charge in [-0.2, -0.15) is 0 Å². The van der Waals surface area contributed by atoms with Crippen LogP contribution in [-0.4, -0.2) is 24.3 Å². The molecule has 1 fully saturated rings. The minimum absolute atomic E-state index is 0.0951. The summed E-state index contributed by atoms with van der Waals surface area (Å²) in [6.07, 6.45) is 6.13. The summed E-state index contributed by atoms with van der Waals surface area (Å²) in [7, 11) is 2.06. The van der Waals surface area contributed by atoms with Gasteiger partial charge in [0.1, 0.15) is 6.29 Å². The van der Waals surface area contributed by atoms with Crippen molar-refractivity contribution in [2.45, 2.75) is 38.3 Å². The summed E-state index contributed by atoms with van der Waals surface area (Å²) in [5.41, 5.74) is 1.28. The van der Waals surface area contributed by atoms with E-state index in [4.69, 9.17) is 0 Å². The second kappa shape index (κ2) is 5.97. The summed E-state index contributed by atoms with van der Waals surface area (Å²) < 4.78 is 0. The average Bonchev–Trinajstić information content (AvgIpc) is 2.85. The minimum Gasteiger partial charge on any atom is -0.302 e. The van der Waals surface area contributed by atoms with Crippen LogP contribution in [0.3, 0.4) is 0 Å². The van der Waals surface area contributed by atoms with Crippen molar-refractivity contribution in [2.75, 3.05) is 7.05 Å². The van der Waals surface area contributed by atoms with Gasteiger partial charge in [0, 0.05) is 6.54 Å². The van der Waals surface area contributed by atoms with Gasteiger partial charge in [0.2, 0.25) is 0 Å². The molecule has 0 bridgehead atoms. The zero-order chi connectivity index (χ0) is 12.1. The molecular formula is C15H21NO. The number of carbonyl (C=O) groups excluding carboxylic acids is 1. The van der Waals surface area contributed by atoms with Gasteiger partial charge in [0.25, 0.3) is 0 Å². The lowest BCUT2D eigenvalue weighted by molar-refractivity contribution is -0.113. The molecule has 0 saturated heterocycles. The fourth-order valence-electron chi connectivity index (χ4n) is 2.85. The van der Waals surface area contributed by atoms with Crippen LogP contribution in [0.1, 0.15) is 31.2 Å². The standard InChI is InChI=1S/C15H21NO/c1-16(11-13-7-3-2-4-8-13)15(12-17)14-9-5-6-10-14/h2-4,7-8,12,14-15H,5-6,9-11H2,1H3/t15-/m1/s1. The van der Waals surface area contributed by atoms with E-state index < -0.39 is 0 Å². The van der Waals surface area contributed by atoms with Crippen LogP contribution in [0.5, 0.6) is 0 Å². The molecule has 2 nitrogen and oxygen atoms in total. The number of likely N-dealkylation sites (N-methyl/N-ethyl adjacent to an activating group) is 1. The second-order valence-electron chi connectivity index (χ2n) is 5.07. The maximum Gasteiger partial charge on any atom is 0.137 e. The molecule has 0 radical (unpaired) electrons. The largest absolute Gasteiger partial charge is 0.302 e. The topological polar surface area (TPSA) is 20.3 Å². The lowest BCUT2D eigenvalue weighted by Crippen LogP contribution is -2.37. The summed E-state index contributed by atoms with van der Waals surface area (Å²) in [6, 6.07) is 10.5. The van der Waals surface area contributed by atoms with Crippen LogP contribution in [0.15, 0.2) is 30.3 Å². The maximum atomic E-state index is 11.3. The molecule has 1 aliphatic carbocycles. The monoisotopic (exact) mass is 231 g/mol. The highest BCUT2D eigenvalue weighted by molar-refractivity contribution is 5.58. The van der Waals surface area contributed by atoms with Gasteiger partial charge in [-0.25, -0.2) is 0 Å². The van der Waals surface area contributed by atoms with Gasteiger partial charge in [-0.3, -0.25) is 4.90 Å². The molecule has 92 valence electrons. The molecule has 0 spiro atoms. The maximum absolute atomic E-state index is 11.3. The third-order valence-corrected chi connectivity index (χ3v) is 3.81. The molecule has 0 aromatic heterocycles. The number of benzene rings is 1. The van der Waals surface area contributed by atoms with E-state index in [-0.39, 0.29) is 6.04 Å². The van der Waals surface area contributed by atoms with E-state index in [0.717, 1.165) is 12.8 Å². The van der Waals surface area contributed by atoms with Crippen molar-refractivity contribution in [3.63, 3.8) is 0 Å². The molecule has 0 N–H and O–H groups in total. The Hall–Kier alpha value is -1.15. The quantitative estimate of drug-likeness (QED) is 0.726. The Morgan fingerprint density at radius 2 is 1.94 bits per heavy atom. The number of carbonyl (C=O) groups is 1. The molecule has 0 aliphatic heterocycles. The Bertz CT molecular complexity index is 343. The van der Waals surface area contributed by atoms with E-state index in [1.807, 2.05) is 6.07 Å². The molecule has 1 saturated carbocycles. The van der Waals surface area contributed by atoms with Crippen LogP contribution in [-0.2, 0) is 11.3 Å². The minimum atomic E-state index is 0.0951. The Labute approximate surface area is 104 Å². The molecule has 1 aromatic carbocycles. The first-order chi connectivity index (χ1) is 8.31. The van der Waals surface area contributed by atoms with Gasteiger partial charge >= 0.3 is 0 Å². The van der Waals surface area contributed by atoms with Crippen molar-refractivity contribution in [3.8, 4) is 0 Å². The molecule has 0 heterocycles. The van der Waals surface area contributed by atoms with Crippen LogP contribution in [0.2, 0.25) is 0 Å². The summed E-state index contributed by atoms with van der Waals surface area (Å²) >= 11 is 0. The lowest BCUT2D eigenvalue weighted by atomic mass is 9.98. The van der Waals surface area contributed by atoms with Gasteiger partial charge in [-0.1, -0.05) is 43.2 Å². The number of aldehydes is 1. The summed E-state index contributed by atoms with van der Waals surface area (Å²) in [6.45, 7) is 0.862. The van der Waals surface area contributed by atoms with Crippen molar-refractivity contribution in [1.82, 2.24) is 4.90 Å². The number of rotatable bonds is 5. The number of hydrogen-bond acceptors (Lipinski definition) is 2. The van der Waals surface area contributed by atoms with E-state index in [0.29, 0.717) is 5.92 Å². The molecule has 0 unspecified atom stereocenters. The molecular weight excluding hydrogens is 210 g/mol. The Morgan fingerprint density at radius 3 is 2.53 bits per heavy atom. The predicted octanol–water partition coefficient (Wildman–Crippen LogP) is 2.88. The Kier molecular flexibility index (Phi) is 4.32. The fraction of sp³-hybridized carbons (Fsp3) is 0.533. The van der Waals surface area contributed by atoms with Crippen molar-refractivity contribution >= 4 is 6.29 Å². The fourth-order valence-corrected chi connectivity index (χ4v) is 2.85. The van der Waals surface area contributed by atoms with E-state index in [2.05, 4.69) is 36.2 Å². The summed E-state index contributed by atoms with van der Waals surface area (Å²) in [5.74, 6) is 0.571. The third-order valence-electron chi connectivity index (χ3n) is 3.81. The Balaban J connectivity index is 1.97. The van der Waals surface area contributed by atoms with Crippen LogP contribution < -0.4 is 0 Å². The van der Waals surface area contributed by atoms with Crippen LogP contribution in [0.25, 0.3) is 0 Å². The lowest BCUT2D eigenvalue weighted by Gasteiger charge is -2.28. The average molecular weight is 231 g/mol. The first kappa shape index (κ1) is 12.3. The first-order valence-corrected chi connectivity index (χ1v) is 6.50. The van der Waals surface area contributed by atoms with E-state index >= 15 is 0 Å². The van der Waals surface area contributed by atoms with Gasteiger partial charge in [-0.15, -0.1) is 0 Å². The molecule has 1 aromatic rings. The van der Waals surface area contributed by atoms with E-state index in [1.54, 1.807) is 0 Å². The van der Waals surface area contributed by atoms with Gasteiger partial charge in [-0.05, 0) is 31.4 Å². The van der Waals surface area contributed by atoms with Crippen molar-refractivity contribution < 1.29 is 4.79 Å². The van der Waals surface area contributed by atoms with Gasteiger partial charge in [0.15, 0.2) is 0 Å². The zero-order valence-electron chi connectivity index (χ0n) is 10.5. The van der Waals surface area contributed by atoms with Gasteiger partial charge < -0.3 is 4.79 Å². The summed E-state index contributed by atoms with van der Waals surface area (Å²) in [5, 5.41) is 0. The molecule has 0 amide bonds. The summed E-state index contributed by atoms with van der Waals surface area (Å²) in [4.78, 5) is 13.5. The van der Waals surface area contributed by atoms with Crippen molar-refractivity contribution in [3.05, 3.63) is 35.9 Å². The second-order valence-corrected chi connectivity index (χ2v) is 5.07. The smallest absolute Gasteiger partial charge is 0.137 e. The van der Waals surface area contributed by atoms with Gasteiger partial charge in [0.05, 0.1) is 6.04 Å².